The zero-order valence-electron chi connectivity index (χ0n) is 11.3. The van der Waals surface area contributed by atoms with E-state index in [1.807, 2.05) is 12.1 Å². The lowest BCUT2D eigenvalue weighted by Crippen LogP contribution is -2.35. The van der Waals surface area contributed by atoms with E-state index in [0.717, 1.165) is 24.6 Å². The number of anilines is 2. The first-order valence-electron chi connectivity index (χ1n) is 6.86. The summed E-state index contributed by atoms with van der Waals surface area (Å²) in [5.41, 5.74) is 3.45. The van der Waals surface area contributed by atoms with Crippen LogP contribution >= 0.6 is 23.2 Å². The summed E-state index contributed by atoms with van der Waals surface area (Å²) in [6, 6.07) is 14.0. The summed E-state index contributed by atoms with van der Waals surface area (Å²) in [6.07, 6.45) is 0. The molecule has 21 heavy (non-hydrogen) atoms. The predicted octanol–water partition coefficient (Wildman–Crippen LogP) is 4.19. The van der Waals surface area contributed by atoms with Crippen LogP contribution < -0.4 is 9.80 Å². The number of rotatable bonds is 2. The lowest BCUT2D eigenvalue weighted by Gasteiger charge is -2.20. The van der Waals surface area contributed by atoms with Gasteiger partial charge in [0.2, 0.25) is 5.96 Å². The second-order valence-corrected chi connectivity index (χ2v) is 5.99. The van der Waals surface area contributed by atoms with Gasteiger partial charge < -0.3 is 9.80 Å². The molecule has 3 nitrogen and oxygen atoms in total. The lowest BCUT2D eigenvalue weighted by molar-refractivity contribution is 1.01. The van der Waals surface area contributed by atoms with Crippen molar-refractivity contribution in [3.8, 4) is 0 Å². The number of para-hydroxylation sites is 2. The van der Waals surface area contributed by atoms with Crippen LogP contribution in [0.3, 0.4) is 0 Å². The van der Waals surface area contributed by atoms with Gasteiger partial charge in [-0.15, -0.1) is 0 Å². The average Bonchev–Trinajstić information content (AvgIpc) is 3.04. The molecule has 5 heteroatoms. The molecule has 0 atom stereocenters. The van der Waals surface area contributed by atoms with Gasteiger partial charge in [0.1, 0.15) is 0 Å². The standard InChI is InChI=1S/C16H13Cl2N3/c17-12-6-5-11(13(18)9-12)10-21-15-4-2-1-3-14(15)20-8-7-19-16(20)21/h1-6,9H,7-8,10H2. The highest BCUT2D eigenvalue weighted by molar-refractivity contribution is 6.35. The number of hydrogen-bond acceptors (Lipinski definition) is 3. The Morgan fingerprint density at radius 1 is 1.05 bits per heavy atom. The van der Waals surface area contributed by atoms with E-state index < -0.39 is 0 Å². The molecule has 0 fully saturated rings. The fourth-order valence-electron chi connectivity index (χ4n) is 2.90. The first-order chi connectivity index (χ1) is 10.2. The Labute approximate surface area is 133 Å². The molecular formula is C16H13Cl2N3. The van der Waals surface area contributed by atoms with Crippen molar-refractivity contribution in [2.24, 2.45) is 4.99 Å². The van der Waals surface area contributed by atoms with E-state index in [4.69, 9.17) is 23.2 Å². The van der Waals surface area contributed by atoms with Crippen molar-refractivity contribution in [1.29, 1.82) is 0 Å². The molecule has 0 saturated heterocycles. The minimum atomic E-state index is 0.658. The van der Waals surface area contributed by atoms with Crippen LogP contribution in [0.25, 0.3) is 0 Å². The fraction of sp³-hybridized carbons (Fsp3) is 0.188. The second-order valence-electron chi connectivity index (χ2n) is 5.14. The molecule has 0 amide bonds. The molecule has 2 aliphatic rings. The van der Waals surface area contributed by atoms with Crippen LogP contribution in [0, 0.1) is 0 Å². The van der Waals surface area contributed by atoms with Gasteiger partial charge in [0.05, 0.1) is 24.5 Å². The molecule has 0 radical (unpaired) electrons. The number of halogens is 2. The SMILES string of the molecule is Clc1ccc(CN2C3=NCCN3c3ccccc32)c(Cl)c1. The van der Waals surface area contributed by atoms with Crippen LogP contribution in [0.4, 0.5) is 11.4 Å². The molecule has 0 N–H and O–H groups in total. The fourth-order valence-corrected chi connectivity index (χ4v) is 3.37. The van der Waals surface area contributed by atoms with Gasteiger partial charge >= 0.3 is 0 Å². The predicted molar refractivity (Wildman–Crippen MR) is 88.7 cm³/mol. The molecule has 2 heterocycles. The van der Waals surface area contributed by atoms with Gasteiger partial charge in [-0.1, -0.05) is 41.4 Å². The minimum Gasteiger partial charge on any atom is -0.308 e. The zero-order valence-corrected chi connectivity index (χ0v) is 12.8. The van der Waals surface area contributed by atoms with Crippen LogP contribution in [0.1, 0.15) is 5.56 Å². The largest absolute Gasteiger partial charge is 0.308 e. The van der Waals surface area contributed by atoms with E-state index in [0.29, 0.717) is 16.6 Å². The highest BCUT2D eigenvalue weighted by Gasteiger charge is 2.34. The first-order valence-corrected chi connectivity index (χ1v) is 7.62. The van der Waals surface area contributed by atoms with Gasteiger partial charge in [-0.3, -0.25) is 4.99 Å². The van der Waals surface area contributed by atoms with Crippen molar-refractivity contribution in [2.75, 3.05) is 22.9 Å². The number of guanidine groups is 1. The van der Waals surface area contributed by atoms with Crippen LogP contribution in [0.5, 0.6) is 0 Å². The molecule has 4 rings (SSSR count). The highest BCUT2D eigenvalue weighted by atomic mass is 35.5. The van der Waals surface area contributed by atoms with Crippen molar-refractivity contribution >= 4 is 40.5 Å². The number of benzene rings is 2. The highest BCUT2D eigenvalue weighted by Crippen LogP contribution is 2.39. The molecule has 106 valence electrons. The maximum atomic E-state index is 6.31. The normalized spacial score (nSPS) is 16.0. The first kappa shape index (κ1) is 13.0. The molecule has 0 unspecified atom stereocenters. The maximum Gasteiger partial charge on any atom is 0.206 e. The topological polar surface area (TPSA) is 18.8 Å². The summed E-state index contributed by atoms with van der Waals surface area (Å²) in [7, 11) is 0. The van der Waals surface area contributed by atoms with E-state index in [1.165, 1.54) is 11.4 Å². The maximum absolute atomic E-state index is 6.31. The van der Waals surface area contributed by atoms with Crippen molar-refractivity contribution in [3.05, 3.63) is 58.1 Å². The van der Waals surface area contributed by atoms with E-state index in [-0.39, 0.29) is 0 Å². The van der Waals surface area contributed by atoms with Gasteiger partial charge in [0.15, 0.2) is 0 Å². The molecule has 0 aromatic heterocycles. The van der Waals surface area contributed by atoms with Crippen molar-refractivity contribution in [2.45, 2.75) is 6.54 Å². The summed E-state index contributed by atoms with van der Waals surface area (Å²) in [6.45, 7) is 2.48. The molecule has 0 spiro atoms. The third kappa shape index (κ3) is 2.08. The van der Waals surface area contributed by atoms with Crippen LogP contribution in [0.2, 0.25) is 10.0 Å². The molecule has 2 aromatic carbocycles. The van der Waals surface area contributed by atoms with Gasteiger partial charge in [0.25, 0.3) is 0 Å². The Morgan fingerprint density at radius 2 is 1.86 bits per heavy atom. The smallest absolute Gasteiger partial charge is 0.206 e. The Bertz CT molecular complexity index is 742. The molecule has 0 aliphatic carbocycles. The van der Waals surface area contributed by atoms with E-state index in [1.54, 1.807) is 6.07 Å². The Morgan fingerprint density at radius 3 is 2.67 bits per heavy atom. The Kier molecular flexibility index (Phi) is 3.05. The summed E-state index contributed by atoms with van der Waals surface area (Å²) in [5.74, 6) is 1.02. The molecule has 0 bridgehead atoms. The number of nitrogens with zero attached hydrogens (tertiary/aromatic N) is 3. The minimum absolute atomic E-state index is 0.658. The molecule has 2 aliphatic heterocycles. The van der Waals surface area contributed by atoms with Gasteiger partial charge in [0, 0.05) is 16.6 Å². The van der Waals surface area contributed by atoms with Gasteiger partial charge in [-0.25, -0.2) is 0 Å². The average molecular weight is 318 g/mol. The van der Waals surface area contributed by atoms with E-state index in [2.05, 4.69) is 39.1 Å². The van der Waals surface area contributed by atoms with Crippen LogP contribution in [0.15, 0.2) is 47.5 Å². The van der Waals surface area contributed by atoms with Crippen molar-refractivity contribution in [1.82, 2.24) is 0 Å². The van der Waals surface area contributed by atoms with E-state index >= 15 is 0 Å². The number of hydrogen-bond donors (Lipinski definition) is 0. The summed E-state index contributed by atoms with van der Waals surface area (Å²) < 4.78 is 0. The monoisotopic (exact) mass is 317 g/mol. The zero-order chi connectivity index (χ0) is 14.4. The third-order valence-corrected chi connectivity index (χ3v) is 4.45. The Balaban J connectivity index is 1.74. The molecule has 0 saturated carbocycles. The summed E-state index contributed by atoms with van der Waals surface area (Å²) >= 11 is 12.3. The molecule has 2 aromatic rings. The van der Waals surface area contributed by atoms with Crippen molar-refractivity contribution in [3.63, 3.8) is 0 Å². The molecular weight excluding hydrogens is 305 g/mol. The van der Waals surface area contributed by atoms with Gasteiger partial charge in [-0.05, 0) is 29.8 Å². The van der Waals surface area contributed by atoms with Crippen molar-refractivity contribution < 1.29 is 0 Å². The van der Waals surface area contributed by atoms with Crippen LogP contribution in [-0.2, 0) is 6.54 Å². The third-order valence-electron chi connectivity index (χ3n) is 3.87. The quantitative estimate of drug-likeness (QED) is 0.827. The number of fused-ring (bicyclic) bond motifs is 3. The number of aliphatic imine (C=N–C) groups is 1. The van der Waals surface area contributed by atoms with Gasteiger partial charge in [-0.2, -0.15) is 0 Å². The lowest BCUT2D eigenvalue weighted by atomic mass is 10.2. The summed E-state index contributed by atoms with van der Waals surface area (Å²) in [5, 5.41) is 1.35. The van der Waals surface area contributed by atoms with E-state index in [9.17, 15) is 0 Å². The van der Waals surface area contributed by atoms with Crippen LogP contribution in [-0.4, -0.2) is 19.0 Å². The Hall–Kier alpha value is -1.71. The second kappa shape index (κ2) is 4.93. The summed E-state index contributed by atoms with van der Waals surface area (Å²) in [4.78, 5) is 9.12.